The minimum atomic E-state index is 0.647. The van der Waals surface area contributed by atoms with Crippen molar-refractivity contribution in [2.24, 2.45) is 5.92 Å². The van der Waals surface area contributed by atoms with Gasteiger partial charge < -0.3 is 10.2 Å². The van der Waals surface area contributed by atoms with E-state index in [4.69, 9.17) is 0 Å². The van der Waals surface area contributed by atoms with Crippen molar-refractivity contribution in [3.05, 3.63) is 35.4 Å². The Morgan fingerprint density at radius 2 is 2.11 bits per heavy atom. The van der Waals surface area contributed by atoms with Gasteiger partial charge in [0.1, 0.15) is 0 Å². The Kier molecular flexibility index (Phi) is 4.79. The van der Waals surface area contributed by atoms with Gasteiger partial charge >= 0.3 is 0 Å². The highest BCUT2D eigenvalue weighted by molar-refractivity contribution is 5.32. The number of hydrogen-bond acceptors (Lipinski definition) is 2. The monoisotopic (exact) mass is 246 g/mol. The molecule has 1 heterocycles. The third kappa shape index (κ3) is 3.33. The highest BCUT2D eigenvalue weighted by atomic mass is 15.1. The van der Waals surface area contributed by atoms with Crippen LogP contribution in [0.3, 0.4) is 0 Å². The molecular weight excluding hydrogens is 220 g/mol. The lowest BCUT2D eigenvalue weighted by Crippen LogP contribution is -2.38. The standard InChI is InChI=1S/C16H26N2/c1-4-18(11-13(2)3)12-15-10-17-9-14-7-5-6-8-16(14)15/h5-8,13,15,17H,4,9-12H2,1-3H3. The van der Waals surface area contributed by atoms with E-state index in [9.17, 15) is 0 Å². The largest absolute Gasteiger partial charge is 0.312 e. The van der Waals surface area contributed by atoms with Gasteiger partial charge in [0, 0.05) is 32.1 Å². The first kappa shape index (κ1) is 13.6. The van der Waals surface area contributed by atoms with E-state index in [0.717, 1.165) is 25.6 Å². The molecule has 1 aromatic rings. The fourth-order valence-corrected chi connectivity index (χ4v) is 2.91. The normalized spacial score (nSPS) is 19.3. The number of likely N-dealkylation sites (N-methyl/N-ethyl adjacent to an activating group) is 1. The van der Waals surface area contributed by atoms with Crippen LogP contribution in [0.2, 0.25) is 0 Å². The predicted octanol–water partition coefficient (Wildman–Crippen LogP) is 2.85. The first-order chi connectivity index (χ1) is 8.70. The van der Waals surface area contributed by atoms with Crippen LogP contribution in [0.5, 0.6) is 0 Å². The Morgan fingerprint density at radius 3 is 2.83 bits per heavy atom. The van der Waals surface area contributed by atoms with Crippen molar-refractivity contribution in [3.63, 3.8) is 0 Å². The molecule has 2 nitrogen and oxygen atoms in total. The molecule has 2 rings (SSSR count). The van der Waals surface area contributed by atoms with E-state index in [1.54, 1.807) is 5.56 Å². The maximum Gasteiger partial charge on any atom is 0.0208 e. The summed E-state index contributed by atoms with van der Waals surface area (Å²) in [5.41, 5.74) is 3.04. The zero-order valence-corrected chi connectivity index (χ0v) is 11.9. The quantitative estimate of drug-likeness (QED) is 0.859. The number of nitrogens with one attached hydrogen (secondary N) is 1. The lowest BCUT2D eigenvalue weighted by molar-refractivity contribution is 0.235. The molecule has 2 heteroatoms. The lowest BCUT2D eigenvalue weighted by Gasteiger charge is -2.32. The maximum absolute atomic E-state index is 3.55. The second-order valence-corrected chi connectivity index (χ2v) is 5.77. The van der Waals surface area contributed by atoms with Gasteiger partial charge in [0.25, 0.3) is 0 Å². The molecule has 100 valence electrons. The summed E-state index contributed by atoms with van der Waals surface area (Å²) < 4.78 is 0. The molecule has 0 saturated carbocycles. The molecule has 1 N–H and O–H groups in total. The SMILES string of the molecule is CCN(CC(C)C)CC1CNCc2ccccc21. The summed E-state index contributed by atoms with van der Waals surface area (Å²) in [6.45, 7) is 12.6. The van der Waals surface area contributed by atoms with Crippen LogP contribution in [-0.2, 0) is 6.54 Å². The van der Waals surface area contributed by atoms with Crippen molar-refractivity contribution in [3.8, 4) is 0 Å². The Bertz CT molecular complexity index is 373. The molecule has 18 heavy (non-hydrogen) atoms. The average molecular weight is 246 g/mol. The smallest absolute Gasteiger partial charge is 0.0208 e. The molecule has 0 amide bonds. The van der Waals surface area contributed by atoms with E-state index in [1.807, 2.05) is 0 Å². The first-order valence-corrected chi connectivity index (χ1v) is 7.21. The van der Waals surface area contributed by atoms with E-state index in [2.05, 4.69) is 55.3 Å². The van der Waals surface area contributed by atoms with Crippen LogP contribution >= 0.6 is 0 Å². The van der Waals surface area contributed by atoms with Gasteiger partial charge in [0.15, 0.2) is 0 Å². The predicted molar refractivity (Wildman–Crippen MR) is 77.8 cm³/mol. The van der Waals surface area contributed by atoms with Gasteiger partial charge in [-0.25, -0.2) is 0 Å². The van der Waals surface area contributed by atoms with Crippen LogP contribution in [0.25, 0.3) is 0 Å². The van der Waals surface area contributed by atoms with Gasteiger partial charge in [0.05, 0.1) is 0 Å². The van der Waals surface area contributed by atoms with Crippen molar-refractivity contribution < 1.29 is 0 Å². The van der Waals surface area contributed by atoms with Gasteiger partial charge in [0.2, 0.25) is 0 Å². The topological polar surface area (TPSA) is 15.3 Å². The van der Waals surface area contributed by atoms with Gasteiger partial charge in [-0.15, -0.1) is 0 Å². The number of benzene rings is 1. The van der Waals surface area contributed by atoms with Crippen LogP contribution in [0, 0.1) is 5.92 Å². The average Bonchev–Trinajstić information content (AvgIpc) is 2.38. The van der Waals surface area contributed by atoms with Crippen LogP contribution < -0.4 is 5.32 Å². The van der Waals surface area contributed by atoms with E-state index in [0.29, 0.717) is 5.92 Å². The number of hydrogen-bond donors (Lipinski definition) is 1. The summed E-state index contributed by atoms with van der Waals surface area (Å²) in [7, 11) is 0. The number of nitrogens with zero attached hydrogens (tertiary/aromatic N) is 1. The molecule has 0 radical (unpaired) electrons. The van der Waals surface area contributed by atoms with E-state index >= 15 is 0 Å². The number of rotatable bonds is 5. The van der Waals surface area contributed by atoms with Crippen molar-refractivity contribution in [1.29, 1.82) is 0 Å². The van der Waals surface area contributed by atoms with Crippen molar-refractivity contribution >= 4 is 0 Å². The maximum atomic E-state index is 3.55. The molecular formula is C16H26N2. The highest BCUT2D eigenvalue weighted by Crippen LogP contribution is 2.24. The Labute approximate surface area is 111 Å². The Balaban J connectivity index is 2.06. The zero-order valence-electron chi connectivity index (χ0n) is 11.9. The number of fused-ring (bicyclic) bond motifs is 1. The van der Waals surface area contributed by atoms with Crippen LogP contribution in [0.4, 0.5) is 0 Å². The molecule has 1 aromatic carbocycles. The third-order valence-electron chi connectivity index (χ3n) is 3.75. The Morgan fingerprint density at radius 1 is 1.33 bits per heavy atom. The summed E-state index contributed by atoms with van der Waals surface area (Å²) in [6, 6.07) is 8.89. The molecule has 0 saturated heterocycles. The summed E-state index contributed by atoms with van der Waals surface area (Å²) in [5.74, 6) is 1.39. The second kappa shape index (κ2) is 6.35. The van der Waals surface area contributed by atoms with Crippen LogP contribution in [-0.4, -0.2) is 31.1 Å². The molecule has 0 aliphatic carbocycles. The molecule has 1 unspecified atom stereocenters. The summed E-state index contributed by atoms with van der Waals surface area (Å²) in [4.78, 5) is 2.58. The van der Waals surface area contributed by atoms with Crippen LogP contribution in [0.15, 0.2) is 24.3 Å². The Hall–Kier alpha value is -0.860. The summed E-state index contributed by atoms with van der Waals surface area (Å²) in [5, 5.41) is 3.55. The third-order valence-corrected chi connectivity index (χ3v) is 3.75. The lowest BCUT2D eigenvalue weighted by atomic mass is 9.90. The van der Waals surface area contributed by atoms with E-state index in [-0.39, 0.29) is 0 Å². The molecule has 0 bridgehead atoms. The van der Waals surface area contributed by atoms with Gasteiger partial charge in [-0.05, 0) is 23.6 Å². The van der Waals surface area contributed by atoms with E-state index in [1.165, 1.54) is 18.7 Å². The molecule has 1 atom stereocenters. The van der Waals surface area contributed by atoms with Gasteiger partial charge in [-0.1, -0.05) is 45.0 Å². The molecule has 1 aliphatic heterocycles. The fraction of sp³-hybridized carbons (Fsp3) is 0.625. The minimum absolute atomic E-state index is 0.647. The highest BCUT2D eigenvalue weighted by Gasteiger charge is 2.21. The fourth-order valence-electron chi connectivity index (χ4n) is 2.91. The second-order valence-electron chi connectivity index (χ2n) is 5.77. The van der Waals surface area contributed by atoms with E-state index < -0.39 is 0 Å². The van der Waals surface area contributed by atoms with Crippen molar-refractivity contribution in [2.45, 2.75) is 33.2 Å². The molecule has 0 aromatic heterocycles. The van der Waals surface area contributed by atoms with Crippen molar-refractivity contribution in [1.82, 2.24) is 10.2 Å². The molecule has 0 spiro atoms. The van der Waals surface area contributed by atoms with Gasteiger partial charge in [-0.3, -0.25) is 0 Å². The molecule has 0 fully saturated rings. The molecule has 1 aliphatic rings. The zero-order chi connectivity index (χ0) is 13.0. The van der Waals surface area contributed by atoms with Crippen LogP contribution in [0.1, 0.15) is 37.8 Å². The summed E-state index contributed by atoms with van der Waals surface area (Å²) >= 11 is 0. The van der Waals surface area contributed by atoms with Crippen molar-refractivity contribution in [2.75, 3.05) is 26.2 Å². The van der Waals surface area contributed by atoms with Gasteiger partial charge in [-0.2, -0.15) is 0 Å². The minimum Gasteiger partial charge on any atom is -0.312 e. The first-order valence-electron chi connectivity index (χ1n) is 7.21. The summed E-state index contributed by atoms with van der Waals surface area (Å²) in [6.07, 6.45) is 0.